The molecule has 5 nitrogen and oxygen atoms in total. The van der Waals surface area contributed by atoms with Gasteiger partial charge in [0.25, 0.3) is 0 Å². The van der Waals surface area contributed by atoms with Crippen LogP contribution in [0.2, 0.25) is 0 Å². The van der Waals surface area contributed by atoms with E-state index in [-0.39, 0.29) is 24.8 Å². The van der Waals surface area contributed by atoms with Crippen molar-refractivity contribution in [2.24, 2.45) is 5.73 Å². The van der Waals surface area contributed by atoms with E-state index in [2.05, 4.69) is 10.6 Å². The van der Waals surface area contributed by atoms with Gasteiger partial charge in [0.15, 0.2) is 0 Å². The maximum Gasteiger partial charge on any atom is 0.234 e. The van der Waals surface area contributed by atoms with Crippen LogP contribution in [-0.2, 0) is 9.59 Å². The molecule has 104 valence electrons. The summed E-state index contributed by atoms with van der Waals surface area (Å²) in [6.45, 7) is 3.97. The van der Waals surface area contributed by atoms with Crippen molar-refractivity contribution in [2.45, 2.75) is 64.0 Å². The lowest BCUT2D eigenvalue weighted by atomic mass is 9.95. The Bertz CT molecular complexity index is 297. The Morgan fingerprint density at radius 1 is 1.22 bits per heavy atom. The molecule has 0 aromatic heterocycles. The molecule has 4 N–H and O–H groups in total. The van der Waals surface area contributed by atoms with E-state index in [1.54, 1.807) is 0 Å². The molecular weight excluding hydrogens is 230 g/mol. The molecule has 0 unspecified atom stereocenters. The van der Waals surface area contributed by atoms with Crippen LogP contribution in [0.25, 0.3) is 0 Å². The third-order valence-electron chi connectivity index (χ3n) is 3.31. The van der Waals surface area contributed by atoms with Gasteiger partial charge in [0.1, 0.15) is 0 Å². The van der Waals surface area contributed by atoms with E-state index in [0.717, 1.165) is 12.8 Å². The zero-order valence-electron chi connectivity index (χ0n) is 11.4. The minimum Gasteiger partial charge on any atom is -0.370 e. The summed E-state index contributed by atoms with van der Waals surface area (Å²) in [7, 11) is 0. The van der Waals surface area contributed by atoms with Crippen molar-refractivity contribution in [3.05, 3.63) is 0 Å². The molecule has 1 aliphatic rings. The van der Waals surface area contributed by atoms with Crippen molar-refractivity contribution in [1.29, 1.82) is 0 Å². The molecule has 2 amide bonds. The lowest BCUT2D eigenvalue weighted by Crippen LogP contribution is -2.49. The number of nitrogens with one attached hydrogen (secondary N) is 2. The van der Waals surface area contributed by atoms with Crippen molar-refractivity contribution in [3.8, 4) is 0 Å². The van der Waals surface area contributed by atoms with E-state index >= 15 is 0 Å². The highest BCUT2D eigenvalue weighted by Crippen LogP contribution is 2.17. The zero-order chi connectivity index (χ0) is 13.6. The first kappa shape index (κ1) is 15.0. The highest BCUT2D eigenvalue weighted by Gasteiger charge is 2.22. The van der Waals surface area contributed by atoms with Gasteiger partial charge < -0.3 is 16.4 Å². The van der Waals surface area contributed by atoms with Crippen LogP contribution in [0.1, 0.15) is 52.4 Å². The number of nitrogens with two attached hydrogens (primary N) is 1. The van der Waals surface area contributed by atoms with Crippen LogP contribution in [0.5, 0.6) is 0 Å². The number of carbonyl (C=O) groups excluding carboxylic acids is 2. The van der Waals surface area contributed by atoms with E-state index < -0.39 is 5.54 Å². The summed E-state index contributed by atoms with van der Waals surface area (Å²) < 4.78 is 0. The minimum absolute atomic E-state index is 0.000514. The smallest absolute Gasteiger partial charge is 0.234 e. The maximum absolute atomic E-state index is 11.8. The van der Waals surface area contributed by atoms with Crippen LogP contribution in [0.3, 0.4) is 0 Å². The van der Waals surface area contributed by atoms with Crippen molar-refractivity contribution < 1.29 is 9.59 Å². The second-order valence-electron chi connectivity index (χ2n) is 5.78. The summed E-state index contributed by atoms with van der Waals surface area (Å²) >= 11 is 0. The predicted molar refractivity (Wildman–Crippen MR) is 70.9 cm³/mol. The van der Waals surface area contributed by atoms with Crippen LogP contribution in [0.15, 0.2) is 0 Å². The molecule has 0 radical (unpaired) electrons. The summed E-state index contributed by atoms with van der Waals surface area (Å²) in [6, 6.07) is 0.326. The first-order chi connectivity index (χ1) is 8.39. The molecule has 0 spiro atoms. The van der Waals surface area contributed by atoms with Crippen molar-refractivity contribution in [2.75, 3.05) is 6.54 Å². The Labute approximate surface area is 109 Å². The van der Waals surface area contributed by atoms with Crippen LogP contribution in [0.4, 0.5) is 0 Å². The van der Waals surface area contributed by atoms with Crippen molar-refractivity contribution in [1.82, 2.24) is 10.6 Å². The molecule has 0 atom stereocenters. The molecule has 0 heterocycles. The Balaban J connectivity index is 2.25. The largest absolute Gasteiger partial charge is 0.370 e. The standard InChI is InChI=1S/C13H25N3O2/c1-13(2,8-11(14)17)15-9-12(18)16-10-6-4-3-5-7-10/h10,15H,3-9H2,1-2H3,(H2,14,17)(H,16,18). The van der Waals surface area contributed by atoms with Crippen LogP contribution in [-0.4, -0.2) is 29.9 Å². The van der Waals surface area contributed by atoms with Gasteiger partial charge in [-0.3, -0.25) is 9.59 Å². The quantitative estimate of drug-likeness (QED) is 0.652. The van der Waals surface area contributed by atoms with E-state index in [0.29, 0.717) is 6.04 Å². The molecule has 1 aliphatic carbocycles. The van der Waals surface area contributed by atoms with E-state index in [4.69, 9.17) is 5.73 Å². The molecule has 5 heteroatoms. The SMILES string of the molecule is CC(C)(CC(N)=O)NCC(=O)NC1CCCCC1. The number of hydrogen-bond donors (Lipinski definition) is 3. The molecule has 0 saturated heterocycles. The molecule has 0 aromatic rings. The number of amides is 2. The summed E-state index contributed by atoms with van der Waals surface area (Å²) in [4.78, 5) is 22.6. The Hall–Kier alpha value is -1.10. The highest BCUT2D eigenvalue weighted by molar-refractivity contribution is 5.79. The molecule has 18 heavy (non-hydrogen) atoms. The van der Waals surface area contributed by atoms with Gasteiger partial charge in [0, 0.05) is 18.0 Å². The first-order valence-corrected chi connectivity index (χ1v) is 6.72. The van der Waals surface area contributed by atoms with Gasteiger partial charge in [-0.05, 0) is 26.7 Å². The molecular formula is C13H25N3O2. The molecule has 0 bridgehead atoms. The average molecular weight is 255 g/mol. The van der Waals surface area contributed by atoms with E-state index in [1.807, 2.05) is 13.8 Å². The normalized spacial score (nSPS) is 17.4. The molecule has 1 saturated carbocycles. The summed E-state index contributed by atoms with van der Waals surface area (Å²) in [6.07, 6.45) is 6.06. The molecule has 1 fully saturated rings. The predicted octanol–water partition coefficient (Wildman–Crippen LogP) is 0.679. The van der Waals surface area contributed by atoms with Gasteiger partial charge in [-0.15, -0.1) is 0 Å². The van der Waals surface area contributed by atoms with Crippen LogP contribution >= 0.6 is 0 Å². The molecule has 0 aliphatic heterocycles. The summed E-state index contributed by atoms with van der Waals surface area (Å²) in [5.41, 5.74) is 4.72. The van der Waals surface area contributed by atoms with E-state index in [1.165, 1.54) is 19.3 Å². The molecule has 1 rings (SSSR count). The number of hydrogen-bond acceptors (Lipinski definition) is 3. The van der Waals surface area contributed by atoms with Gasteiger partial charge in [-0.25, -0.2) is 0 Å². The molecule has 0 aromatic carbocycles. The van der Waals surface area contributed by atoms with Crippen LogP contribution < -0.4 is 16.4 Å². The van der Waals surface area contributed by atoms with Gasteiger partial charge >= 0.3 is 0 Å². The lowest BCUT2D eigenvalue weighted by Gasteiger charge is -2.26. The second-order valence-corrected chi connectivity index (χ2v) is 5.78. The lowest BCUT2D eigenvalue weighted by molar-refractivity contribution is -0.123. The fraction of sp³-hybridized carbons (Fsp3) is 0.846. The highest BCUT2D eigenvalue weighted by atomic mass is 16.2. The summed E-state index contributed by atoms with van der Waals surface area (Å²) in [5, 5.41) is 6.09. The maximum atomic E-state index is 11.8. The summed E-state index contributed by atoms with van der Waals surface area (Å²) in [5.74, 6) is -0.361. The number of rotatable bonds is 6. The van der Waals surface area contributed by atoms with E-state index in [9.17, 15) is 9.59 Å². The topological polar surface area (TPSA) is 84.2 Å². The van der Waals surface area contributed by atoms with Crippen molar-refractivity contribution in [3.63, 3.8) is 0 Å². The van der Waals surface area contributed by atoms with Crippen LogP contribution in [0, 0.1) is 0 Å². The first-order valence-electron chi connectivity index (χ1n) is 6.72. The third kappa shape index (κ3) is 6.00. The Kier molecular flexibility index (Phi) is 5.59. The fourth-order valence-corrected chi connectivity index (χ4v) is 2.34. The van der Waals surface area contributed by atoms with Gasteiger partial charge in [-0.1, -0.05) is 19.3 Å². The van der Waals surface area contributed by atoms with Gasteiger partial charge in [0.05, 0.1) is 6.54 Å². The van der Waals surface area contributed by atoms with Gasteiger partial charge in [-0.2, -0.15) is 0 Å². The number of carbonyl (C=O) groups is 2. The third-order valence-corrected chi connectivity index (χ3v) is 3.31. The fourth-order valence-electron chi connectivity index (χ4n) is 2.34. The zero-order valence-corrected chi connectivity index (χ0v) is 11.4. The number of primary amides is 1. The average Bonchev–Trinajstić information content (AvgIpc) is 2.26. The van der Waals surface area contributed by atoms with Gasteiger partial charge in [0.2, 0.25) is 11.8 Å². The Morgan fingerprint density at radius 2 is 1.83 bits per heavy atom. The van der Waals surface area contributed by atoms with Crippen molar-refractivity contribution >= 4 is 11.8 Å². The Morgan fingerprint density at radius 3 is 2.39 bits per heavy atom. The monoisotopic (exact) mass is 255 g/mol. The second kappa shape index (κ2) is 6.73. The minimum atomic E-state index is -0.435.